The summed E-state index contributed by atoms with van der Waals surface area (Å²) in [5.41, 5.74) is 0.0251. The molecule has 0 saturated carbocycles. The van der Waals surface area contributed by atoms with Crippen molar-refractivity contribution in [3.8, 4) is 0 Å². The maximum Gasteiger partial charge on any atom is 0.337 e. The Morgan fingerprint density at radius 3 is 2.72 bits per heavy atom. The Hall–Kier alpha value is -2.34. The number of carboxylic acid groups (broad SMARTS) is 1. The molecule has 0 spiro atoms. The van der Waals surface area contributed by atoms with Crippen LogP contribution < -0.4 is 10.9 Å². The Morgan fingerprint density at radius 1 is 1.33 bits per heavy atom. The lowest BCUT2D eigenvalue weighted by Gasteiger charge is -2.08. The van der Waals surface area contributed by atoms with Crippen LogP contribution in [-0.2, 0) is 0 Å². The fourth-order valence-corrected chi connectivity index (χ4v) is 1.53. The quantitative estimate of drug-likeness (QED) is 0.787. The van der Waals surface area contributed by atoms with Gasteiger partial charge in [0.2, 0.25) is 0 Å². The van der Waals surface area contributed by atoms with E-state index in [9.17, 15) is 9.59 Å². The van der Waals surface area contributed by atoms with E-state index in [-0.39, 0.29) is 11.1 Å². The molecule has 0 radical (unpaired) electrons. The summed E-state index contributed by atoms with van der Waals surface area (Å²) in [6, 6.07) is 7.14. The summed E-state index contributed by atoms with van der Waals surface area (Å²) < 4.78 is 0. The average molecular weight is 266 g/mol. The summed E-state index contributed by atoms with van der Waals surface area (Å²) in [4.78, 5) is 21.9. The van der Waals surface area contributed by atoms with Gasteiger partial charge in [-0.2, -0.15) is 5.10 Å². The van der Waals surface area contributed by atoms with E-state index in [2.05, 4.69) is 15.5 Å². The number of carboxylic acids is 1. The lowest BCUT2D eigenvalue weighted by molar-refractivity contribution is 0.0698. The van der Waals surface area contributed by atoms with Crippen molar-refractivity contribution >= 4 is 29.1 Å². The maximum absolute atomic E-state index is 11.0. The largest absolute Gasteiger partial charge is 0.478 e. The molecule has 2 rings (SSSR count). The molecule has 1 heterocycles. The SMILES string of the molecule is O=C(O)c1cc(Cl)ccc1Nc1ccc(=O)[nH]n1. The van der Waals surface area contributed by atoms with Gasteiger partial charge in [0.25, 0.3) is 5.56 Å². The van der Waals surface area contributed by atoms with Gasteiger partial charge in [-0.3, -0.25) is 4.79 Å². The molecule has 3 N–H and O–H groups in total. The van der Waals surface area contributed by atoms with Gasteiger partial charge < -0.3 is 10.4 Å². The first-order valence-corrected chi connectivity index (χ1v) is 5.29. The second kappa shape index (κ2) is 4.89. The number of H-pyrrole nitrogens is 1. The summed E-state index contributed by atoms with van der Waals surface area (Å²) in [6.07, 6.45) is 0. The number of benzene rings is 1. The normalized spacial score (nSPS) is 10.1. The molecule has 2 aromatic rings. The van der Waals surface area contributed by atoms with Crippen molar-refractivity contribution in [3.05, 3.63) is 51.3 Å². The Bertz CT molecular complexity index is 634. The standard InChI is InChI=1S/C11H8ClN3O3/c12-6-1-2-8(7(5-6)11(17)18)13-9-3-4-10(16)15-14-9/h1-5H,(H,13,14)(H,15,16)(H,17,18). The zero-order valence-electron chi connectivity index (χ0n) is 8.98. The Morgan fingerprint density at radius 2 is 2.11 bits per heavy atom. The molecule has 0 unspecified atom stereocenters. The van der Waals surface area contributed by atoms with Crippen LogP contribution in [-0.4, -0.2) is 21.3 Å². The summed E-state index contributed by atoms with van der Waals surface area (Å²) in [7, 11) is 0. The summed E-state index contributed by atoms with van der Waals surface area (Å²) >= 11 is 5.73. The number of aromatic amines is 1. The van der Waals surface area contributed by atoms with Crippen molar-refractivity contribution < 1.29 is 9.90 Å². The van der Waals surface area contributed by atoms with E-state index >= 15 is 0 Å². The first-order valence-electron chi connectivity index (χ1n) is 4.92. The molecule has 0 fully saturated rings. The second-order valence-electron chi connectivity index (χ2n) is 3.43. The van der Waals surface area contributed by atoms with E-state index in [1.165, 1.54) is 24.3 Å². The van der Waals surface area contributed by atoms with Crippen LogP contribution in [0.4, 0.5) is 11.5 Å². The van der Waals surface area contributed by atoms with Gasteiger partial charge in [0.1, 0.15) is 0 Å². The predicted octanol–water partition coefficient (Wildman–Crippen LogP) is 1.87. The number of nitrogens with one attached hydrogen (secondary N) is 2. The lowest BCUT2D eigenvalue weighted by atomic mass is 10.2. The molecule has 0 aliphatic rings. The highest BCUT2D eigenvalue weighted by Crippen LogP contribution is 2.23. The van der Waals surface area contributed by atoms with Crippen LogP contribution in [0.15, 0.2) is 35.1 Å². The summed E-state index contributed by atoms with van der Waals surface area (Å²) in [6.45, 7) is 0. The molecular weight excluding hydrogens is 258 g/mol. The molecule has 0 amide bonds. The van der Waals surface area contributed by atoms with Crippen molar-refractivity contribution in [3.63, 3.8) is 0 Å². The zero-order valence-corrected chi connectivity index (χ0v) is 9.73. The fraction of sp³-hybridized carbons (Fsp3) is 0. The van der Waals surface area contributed by atoms with E-state index in [0.29, 0.717) is 16.5 Å². The highest BCUT2D eigenvalue weighted by atomic mass is 35.5. The first-order chi connectivity index (χ1) is 8.56. The first kappa shape index (κ1) is 12.1. The molecular formula is C11H8ClN3O3. The minimum atomic E-state index is -1.11. The molecule has 0 bridgehead atoms. The third kappa shape index (κ3) is 2.67. The van der Waals surface area contributed by atoms with Gasteiger partial charge in [0, 0.05) is 11.1 Å². The summed E-state index contributed by atoms with van der Waals surface area (Å²) in [5.74, 6) is -0.774. The van der Waals surface area contributed by atoms with Crippen LogP contribution in [0.1, 0.15) is 10.4 Å². The molecule has 0 saturated heterocycles. The maximum atomic E-state index is 11.0. The number of anilines is 2. The summed E-state index contributed by atoms with van der Waals surface area (Å²) in [5, 5.41) is 18.1. The number of carbonyl (C=O) groups is 1. The van der Waals surface area contributed by atoms with Gasteiger partial charge >= 0.3 is 5.97 Å². The van der Waals surface area contributed by atoms with Crippen molar-refractivity contribution in [1.82, 2.24) is 10.2 Å². The van der Waals surface area contributed by atoms with Crippen LogP contribution in [0.25, 0.3) is 0 Å². The molecule has 0 aliphatic heterocycles. The minimum absolute atomic E-state index is 0.0236. The molecule has 7 heteroatoms. The highest BCUT2D eigenvalue weighted by molar-refractivity contribution is 6.31. The van der Waals surface area contributed by atoms with Gasteiger partial charge in [-0.1, -0.05) is 11.6 Å². The topological polar surface area (TPSA) is 95.1 Å². The van der Waals surface area contributed by atoms with E-state index in [1.54, 1.807) is 6.07 Å². The highest BCUT2D eigenvalue weighted by Gasteiger charge is 2.11. The van der Waals surface area contributed by atoms with E-state index < -0.39 is 5.97 Å². The monoisotopic (exact) mass is 265 g/mol. The molecule has 1 aromatic heterocycles. The van der Waals surface area contributed by atoms with Gasteiger partial charge in [0.15, 0.2) is 5.82 Å². The minimum Gasteiger partial charge on any atom is -0.478 e. The number of halogens is 1. The van der Waals surface area contributed by atoms with E-state index in [0.717, 1.165) is 0 Å². The number of rotatable bonds is 3. The molecule has 6 nitrogen and oxygen atoms in total. The number of nitrogens with zero attached hydrogens (tertiary/aromatic N) is 1. The van der Waals surface area contributed by atoms with Crippen molar-refractivity contribution in [1.29, 1.82) is 0 Å². The Labute approximate surface area is 106 Å². The molecule has 92 valence electrons. The average Bonchev–Trinajstić information content (AvgIpc) is 2.34. The van der Waals surface area contributed by atoms with E-state index in [1.807, 2.05) is 0 Å². The lowest BCUT2D eigenvalue weighted by Crippen LogP contribution is -2.09. The zero-order chi connectivity index (χ0) is 13.1. The smallest absolute Gasteiger partial charge is 0.337 e. The van der Waals surface area contributed by atoms with Crippen LogP contribution in [0, 0.1) is 0 Å². The van der Waals surface area contributed by atoms with Crippen molar-refractivity contribution in [2.45, 2.75) is 0 Å². The molecule has 18 heavy (non-hydrogen) atoms. The van der Waals surface area contributed by atoms with Gasteiger partial charge in [-0.15, -0.1) is 0 Å². The predicted molar refractivity (Wildman–Crippen MR) is 66.6 cm³/mol. The van der Waals surface area contributed by atoms with Crippen molar-refractivity contribution in [2.75, 3.05) is 5.32 Å². The van der Waals surface area contributed by atoms with Gasteiger partial charge in [0.05, 0.1) is 11.3 Å². The van der Waals surface area contributed by atoms with Crippen LogP contribution in [0.5, 0.6) is 0 Å². The third-order valence-corrected chi connectivity index (χ3v) is 2.39. The molecule has 0 atom stereocenters. The van der Waals surface area contributed by atoms with Crippen molar-refractivity contribution in [2.24, 2.45) is 0 Å². The van der Waals surface area contributed by atoms with Crippen LogP contribution >= 0.6 is 11.6 Å². The van der Waals surface area contributed by atoms with E-state index in [4.69, 9.17) is 16.7 Å². The number of hydrogen-bond donors (Lipinski definition) is 3. The van der Waals surface area contributed by atoms with Crippen LogP contribution in [0.2, 0.25) is 5.02 Å². The van der Waals surface area contributed by atoms with Crippen LogP contribution in [0.3, 0.4) is 0 Å². The second-order valence-corrected chi connectivity index (χ2v) is 3.86. The van der Waals surface area contributed by atoms with Gasteiger partial charge in [-0.05, 0) is 24.3 Å². The molecule has 1 aromatic carbocycles. The fourth-order valence-electron chi connectivity index (χ4n) is 1.35. The Kier molecular flexibility index (Phi) is 3.29. The molecule has 0 aliphatic carbocycles. The number of aromatic carboxylic acids is 1. The Balaban J connectivity index is 2.36. The number of hydrogen-bond acceptors (Lipinski definition) is 4. The number of aromatic nitrogens is 2. The third-order valence-electron chi connectivity index (χ3n) is 2.15. The van der Waals surface area contributed by atoms with Gasteiger partial charge in [-0.25, -0.2) is 9.89 Å².